The largest absolute Gasteiger partial charge is 0.375 e. The SMILES string of the molecule is CCC(O)(C(=O)NC=O)c1ccccc1. The fraction of sp³-hybridized carbons (Fsp3) is 0.273. The van der Waals surface area contributed by atoms with E-state index < -0.39 is 11.5 Å². The monoisotopic (exact) mass is 207 g/mol. The Morgan fingerprint density at radius 1 is 1.47 bits per heavy atom. The van der Waals surface area contributed by atoms with Crippen LogP contribution in [0.1, 0.15) is 18.9 Å². The second kappa shape index (κ2) is 4.70. The number of imide groups is 1. The highest BCUT2D eigenvalue weighted by molar-refractivity contribution is 5.93. The summed E-state index contributed by atoms with van der Waals surface area (Å²) in [7, 11) is 0. The molecule has 0 radical (unpaired) electrons. The van der Waals surface area contributed by atoms with Crippen molar-refractivity contribution in [2.45, 2.75) is 18.9 Å². The van der Waals surface area contributed by atoms with Crippen LogP contribution in [-0.2, 0) is 15.2 Å². The number of rotatable bonds is 4. The summed E-state index contributed by atoms with van der Waals surface area (Å²) in [4.78, 5) is 21.7. The number of nitrogens with one attached hydrogen (secondary N) is 1. The van der Waals surface area contributed by atoms with Crippen LogP contribution in [0.25, 0.3) is 0 Å². The Bertz CT molecular complexity index is 350. The smallest absolute Gasteiger partial charge is 0.262 e. The van der Waals surface area contributed by atoms with Crippen molar-refractivity contribution in [3.8, 4) is 0 Å². The first-order chi connectivity index (χ1) is 7.15. The molecule has 80 valence electrons. The van der Waals surface area contributed by atoms with E-state index in [4.69, 9.17) is 0 Å². The van der Waals surface area contributed by atoms with Gasteiger partial charge < -0.3 is 5.11 Å². The van der Waals surface area contributed by atoms with Crippen LogP contribution < -0.4 is 5.32 Å². The van der Waals surface area contributed by atoms with Crippen molar-refractivity contribution in [1.82, 2.24) is 5.32 Å². The molecule has 4 nitrogen and oxygen atoms in total. The number of amides is 2. The lowest BCUT2D eigenvalue weighted by Crippen LogP contribution is -2.43. The van der Waals surface area contributed by atoms with Gasteiger partial charge in [0.25, 0.3) is 5.91 Å². The first-order valence-electron chi connectivity index (χ1n) is 4.67. The predicted molar refractivity (Wildman–Crippen MR) is 54.8 cm³/mol. The van der Waals surface area contributed by atoms with Crippen molar-refractivity contribution in [2.24, 2.45) is 0 Å². The lowest BCUT2D eigenvalue weighted by Gasteiger charge is -2.24. The fourth-order valence-corrected chi connectivity index (χ4v) is 1.38. The van der Waals surface area contributed by atoms with Gasteiger partial charge in [-0.1, -0.05) is 37.3 Å². The van der Waals surface area contributed by atoms with Gasteiger partial charge in [-0.15, -0.1) is 0 Å². The maximum atomic E-state index is 11.5. The molecule has 0 aromatic heterocycles. The molecule has 0 fully saturated rings. The zero-order chi connectivity index (χ0) is 11.3. The van der Waals surface area contributed by atoms with E-state index in [2.05, 4.69) is 0 Å². The van der Waals surface area contributed by atoms with Gasteiger partial charge in [0.2, 0.25) is 6.41 Å². The average Bonchev–Trinajstić information content (AvgIpc) is 2.29. The number of aliphatic hydroxyl groups is 1. The summed E-state index contributed by atoms with van der Waals surface area (Å²) in [6.45, 7) is 1.68. The van der Waals surface area contributed by atoms with E-state index in [0.29, 0.717) is 5.56 Å². The molecule has 1 unspecified atom stereocenters. The summed E-state index contributed by atoms with van der Waals surface area (Å²) in [5.41, 5.74) is -1.16. The minimum Gasteiger partial charge on any atom is -0.375 e. The minimum atomic E-state index is -1.64. The molecule has 1 rings (SSSR count). The van der Waals surface area contributed by atoms with Crippen LogP contribution >= 0.6 is 0 Å². The Kier molecular flexibility index (Phi) is 3.57. The van der Waals surface area contributed by atoms with Gasteiger partial charge in [0.05, 0.1) is 0 Å². The number of benzene rings is 1. The van der Waals surface area contributed by atoms with Crippen LogP contribution in [0.2, 0.25) is 0 Å². The zero-order valence-corrected chi connectivity index (χ0v) is 8.43. The molecule has 2 N–H and O–H groups in total. The molecule has 1 atom stereocenters. The molecule has 15 heavy (non-hydrogen) atoms. The summed E-state index contributed by atoms with van der Waals surface area (Å²) < 4.78 is 0. The second-order valence-electron chi connectivity index (χ2n) is 3.17. The van der Waals surface area contributed by atoms with E-state index in [-0.39, 0.29) is 12.8 Å². The molecule has 0 saturated heterocycles. The van der Waals surface area contributed by atoms with Crippen LogP contribution in [0.4, 0.5) is 0 Å². The Balaban J connectivity index is 3.05. The van der Waals surface area contributed by atoms with Gasteiger partial charge in [-0.3, -0.25) is 14.9 Å². The zero-order valence-electron chi connectivity index (χ0n) is 8.43. The van der Waals surface area contributed by atoms with E-state index in [9.17, 15) is 14.7 Å². The van der Waals surface area contributed by atoms with Gasteiger partial charge >= 0.3 is 0 Å². The predicted octanol–water partition coefficient (Wildman–Crippen LogP) is 0.557. The van der Waals surface area contributed by atoms with Crippen molar-refractivity contribution in [1.29, 1.82) is 0 Å². The number of hydrogen-bond acceptors (Lipinski definition) is 3. The molecule has 0 saturated carbocycles. The third-order valence-corrected chi connectivity index (χ3v) is 2.33. The van der Waals surface area contributed by atoms with E-state index in [1.54, 1.807) is 37.3 Å². The molecule has 0 bridgehead atoms. The Labute approximate surface area is 87.9 Å². The number of carbonyl (C=O) groups excluding carboxylic acids is 2. The molecule has 1 aromatic rings. The van der Waals surface area contributed by atoms with Gasteiger partial charge in [-0.05, 0) is 12.0 Å². The number of hydrogen-bond donors (Lipinski definition) is 2. The molecule has 0 aliphatic heterocycles. The maximum absolute atomic E-state index is 11.5. The summed E-state index contributed by atoms with van der Waals surface area (Å²) in [6.07, 6.45) is 0.475. The van der Waals surface area contributed by atoms with E-state index in [1.807, 2.05) is 5.32 Å². The van der Waals surface area contributed by atoms with Crippen molar-refractivity contribution < 1.29 is 14.7 Å². The molecule has 1 aromatic carbocycles. The summed E-state index contributed by atoms with van der Waals surface area (Å²) in [5, 5.41) is 12.1. The van der Waals surface area contributed by atoms with Crippen LogP contribution in [0.5, 0.6) is 0 Å². The molecule has 4 heteroatoms. The Morgan fingerprint density at radius 2 is 2.07 bits per heavy atom. The second-order valence-corrected chi connectivity index (χ2v) is 3.17. The third kappa shape index (κ3) is 2.22. The van der Waals surface area contributed by atoms with Gasteiger partial charge in [-0.2, -0.15) is 0 Å². The van der Waals surface area contributed by atoms with E-state index >= 15 is 0 Å². The first kappa shape index (κ1) is 11.4. The van der Waals surface area contributed by atoms with Gasteiger partial charge in [0.15, 0.2) is 5.60 Å². The first-order valence-corrected chi connectivity index (χ1v) is 4.67. The summed E-state index contributed by atoms with van der Waals surface area (Å²) in [5.74, 6) is -0.703. The highest BCUT2D eigenvalue weighted by atomic mass is 16.3. The minimum absolute atomic E-state index is 0.205. The fourth-order valence-electron chi connectivity index (χ4n) is 1.38. The summed E-state index contributed by atoms with van der Waals surface area (Å²) in [6, 6.07) is 8.54. The standard InChI is InChI=1S/C11H13NO3/c1-2-11(15,10(14)12-8-13)9-6-4-3-5-7-9/h3-8,15H,2H2,1H3,(H,12,13,14). The lowest BCUT2D eigenvalue weighted by molar-refractivity contribution is -0.142. The van der Waals surface area contributed by atoms with Gasteiger partial charge in [-0.25, -0.2) is 0 Å². The molecule has 0 heterocycles. The highest BCUT2D eigenvalue weighted by Crippen LogP contribution is 2.24. The van der Waals surface area contributed by atoms with Crippen molar-refractivity contribution >= 4 is 12.3 Å². The van der Waals surface area contributed by atoms with Crippen molar-refractivity contribution in [3.63, 3.8) is 0 Å². The normalized spacial score (nSPS) is 14.0. The molecule has 2 amide bonds. The van der Waals surface area contributed by atoms with Crippen LogP contribution in [0.3, 0.4) is 0 Å². The van der Waals surface area contributed by atoms with E-state index in [1.165, 1.54) is 0 Å². The molecule has 0 aliphatic carbocycles. The van der Waals surface area contributed by atoms with Crippen molar-refractivity contribution in [2.75, 3.05) is 0 Å². The number of carbonyl (C=O) groups is 2. The van der Waals surface area contributed by atoms with Gasteiger partial charge in [0, 0.05) is 0 Å². The van der Waals surface area contributed by atoms with E-state index in [0.717, 1.165) is 0 Å². The lowest BCUT2D eigenvalue weighted by atomic mass is 9.90. The molecule has 0 aliphatic rings. The average molecular weight is 207 g/mol. The Hall–Kier alpha value is -1.68. The topological polar surface area (TPSA) is 66.4 Å². The Morgan fingerprint density at radius 3 is 2.53 bits per heavy atom. The molecular formula is C11H13NO3. The third-order valence-electron chi connectivity index (χ3n) is 2.33. The highest BCUT2D eigenvalue weighted by Gasteiger charge is 2.35. The maximum Gasteiger partial charge on any atom is 0.262 e. The van der Waals surface area contributed by atoms with Crippen LogP contribution in [-0.4, -0.2) is 17.4 Å². The van der Waals surface area contributed by atoms with Gasteiger partial charge in [0.1, 0.15) is 0 Å². The van der Waals surface area contributed by atoms with Crippen LogP contribution in [0, 0.1) is 0 Å². The quantitative estimate of drug-likeness (QED) is 0.709. The van der Waals surface area contributed by atoms with Crippen molar-refractivity contribution in [3.05, 3.63) is 35.9 Å². The molecular weight excluding hydrogens is 194 g/mol. The molecule has 0 spiro atoms. The van der Waals surface area contributed by atoms with Crippen LogP contribution in [0.15, 0.2) is 30.3 Å². The summed E-state index contributed by atoms with van der Waals surface area (Å²) >= 11 is 0.